The molecule has 0 amide bonds. The fraction of sp³-hybridized carbons (Fsp3) is 0.294. The first-order valence-electron chi connectivity index (χ1n) is 7.34. The molecule has 2 rings (SSSR count). The Balaban J connectivity index is 2.21. The average Bonchev–Trinajstić information content (AvgIpc) is 2.55. The lowest BCUT2D eigenvalue weighted by molar-refractivity contribution is 0.282. The molecular formula is C17H20ClNO3S. The molecule has 0 aromatic heterocycles. The Bertz CT molecular complexity index is 758. The molecule has 6 heteroatoms. The third kappa shape index (κ3) is 4.70. The molecule has 0 bridgehead atoms. The molecule has 2 aromatic carbocycles. The Hall–Kier alpha value is -1.56. The molecule has 4 nitrogen and oxygen atoms in total. The molecule has 0 spiro atoms. The van der Waals surface area contributed by atoms with Crippen LogP contribution in [0.1, 0.15) is 23.1 Å². The molecule has 0 saturated heterocycles. The van der Waals surface area contributed by atoms with Crippen LogP contribution in [0.3, 0.4) is 0 Å². The van der Waals surface area contributed by atoms with Crippen LogP contribution in [0.5, 0.6) is 0 Å². The minimum atomic E-state index is -3.66. The fourth-order valence-corrected chi connectivity index (χ4v) is 3.44. The van der Waals surface area contributed by atoms with Crippen LogP contribution in [0, 0.1) is 6.92 Å². The molecule has 0 unspecified atom stereocenters. The second kappa shape index (κ2) is 7.81. The van der Waals surface area contributed by atoms with Crippen molar-refractivity contribution in [2.45, 2.75) is 31.3 Å². The molecule has 0 aliphatic heterocycles. The van der Waals surface area contributed by atoms with Gasteiger partial charge in [-0.05, 0) is 54.7 Å². The first kappa shape index (κ1) is 17.8. The number of hydrogen-bond acceptors (Lipinski definition) is 3. The number of halogens is 1. The van der Waals surface area contributed by atoms with Gasteiger partial charge in [-0.3, -0.25) is 4.72 Å². The van der Waals surface area contributed by atoms with Crippen LogP contribution in [0.25, 0.3) is 0 Å². The zero-order valence-electron chi connectivity index (χ0n) is 12.9. The minimum Gasteiger partial charge on any atom is -0.392 e. The third-order valence-electron chi connectivity index (χ3n) is 3.56. The number of rotatable bonds is 7. The van der Waals surface area contributed by atoms with E-state index in [0.29, 0.717) is 17.1 Å². The van der Waals surface area contributed by atoms with Crippen LogP contribution in [-0.2, 0) is 23.1 Å². The molecule has 2 N–H and O–H groups in total. The van der Waals surface area contributed by atoms with Crippen molar-refractivity contribution >= 4 is 27.3 Å². The van der Waals surface area contributed by atoms with Gasteiger partial charge in [0.1, 0.15) is 0 Å². The van der Waals surface area contributed by atoms with Crippen LogP contribution >= 0.6 is 11.6 Å². The smallest absolute Gasteiger partial charge is 0.261 e. The van der Waals surface area contributed by atoms with Gasteiger partial charge in [0.2, 0.25) is 0 Å². The van der Waals surface area contributed by atoms with E-state index in [0.717, 1.165) is 24.0 Å². The van der Waals surface area contributed by atoms with Gasteiger partial charge in [0.25, 0.3) is 10.0 Å². The summed E-state index contributed by atoms with van der Waals surface area (Å²) >= 11 is 5.66. The third-order valence-corrected chi connectivity index (χ3v) is 5.21. The highest BCUT2D eigenvalue weighted by atomic mass is 35.5. The fourth-order valence-electron chi connectivity index (χ4n) is 2.19. The largest absolute Gasteiger partial charge is 0.392 e. The predicted octanol–water partition coefficient (Wildman–Crippen LogP) is 3.46. The number of benzene rings is 2. The summed E-state index contributed by atoms with van der Waals surface area (Å²) in [5.41, 5.74) is 2.99. The van der Waals surface area contributed by atoms with Gasteiger partial charge in [0.05, 0.1) is 17.2 Å². The van der Waals surface area contributed by atoms with Crippen LogP contribution in [0.4, 0.5) is 5.69 Å². The molecule has 124 valence electrons. The van der Waals surface area contributed by atoms with E-state index in [-0.39, 0.29) is 11.5 Å². The first-order chi connectivity index (χ1) is 11.0. The minimum absolute atomic E-state index is 0.135. The summed E-state index contributed by atoms with van der Waals surface area (Å²) in [5, 5.41) is 9.18. The van der Waals surface area contributed by atoms with E-state index < -0.39 is 10.0 Å². The highest BCUT2D eigenvalue weighted by molar-refractivity contribution is 7.92. The zero-order valence-corrected chi connectivity index (χ0v) is 14.5. The number of aliphatic hydroxyl groups excluding tert-OH is 1. The maximum absolute atomic E-state index is 12.5. The van der Waals surface area contributed by atoms with Crippen molar-refractivity contribution in [3.63, 3.8) is 0 Å². The van der Waals surface area contributed by atoms with Gasteiger partial charge >= 0.3 is 0 Å². The van der Waals surface area contributed by atoms with Crippen molar-refractivity contribution in [2.24, 2.45) is 0 Å². The molecular weight excluding hydrogens is 334 g/mol. The summed E-state index contributed by atoms with van der Waals surface area (Å²) in [6.07, 6.45) is 1.69. The number of aryl methyl sites for hydroxylation is 2. The van der Waals surface area contributed by atoms with Crippen molar-refractivity contribution in [1.29, 1.82) is 0 Å². The Morgan fingerprint density at radius 3 is 2.35 bits per heavy atom. The Morgan fingerprint density at radius 1 is 1.09 bits per heavy atom. The number of anilines is 1. The lowest BCUT2D eigenvalue weighted by Crippen LogP contribution is -2.14. The van der Waals surface area contributed by atoms with Gasteiger partial charge in [-0.2, -0.15) is 0 Å². The van der Waals surface area contributed by atoms with Gasteiger partial charge in [-0.1, -0.05) is 24.3 Å². The van der Waals surface area contributed by atoms with Crippen LogP contribution in [0.15, 0.2) is 47.4 Å². The van der Waals surface area contributed by atoms with Gasteiger partial charge in [0, 0.05) is 5.88 Å². The summed E-state index contributed by atoms with van der Waals surface area (Å²) in [4.78, 5) is 0.209. The van der Waals surface area contributed by atoms with Crippen LogP contribution in [-0.4, -0.2) is 19.4 Å². The number of hydrogen-bond donors (Lipinski definition) is 2. The monoisotopic (exact) mass is 353 g/mol. The molecule has 0 heterocycles. The normalized spacial score (nSPS) is 11.4. The summed E-state index contributed by atoms with van der Waals surface area (Å²) in [7, 11) is -3.66. The molecule has 0 aliphatic rings. The van der Waals surface area contributed by atoms with Crippen molar-refractivity contribution in [3.8, 4) is 0 Å². The maximum atomic E-state index is 12.5. The number of nitrogens with one attached hydrogen (secondary N) is 1. The predicted molar refractivity (Wildman–Crippen MR) is 93.4 cm³/mol. The van der Waals surface area contributed by atoms with Crippen molar-refractivity contribution in [1.82, 2.24) is 0 Å². The Morgan fingerprint density at radius 2 is 1.74 bits per heavy atom. The molecule has 0 fully saturated rings. The van der Waals surface area contributed by atoms with Gasteiger partial charge in [-0.15, -0.1) is 11.6 Å². The van der Waals surface area contributed by atoms with Crippen LogP contribution < -0.4 is 4.72 Å². The van der Waals surface area contributed by atoms with E-state index >= 15 is 0 Å². The van der Waals surface area contributed by atoms with E-state index in [2.05, 4.69) is 4.72 Å². The Labute approximate surface area is 142 Å². The van der Waals surface area contributed by atoms with Gasteiger partial charge < -0.3 is 5.11 Å². The van der Waals surface area contributed by atoms with Crippen LogP contribution in [0.2, 0.25) is 0 Å². The Kier molecular flexibility index (Phi) is 6.04. The lowest BCUT2D eigenvalue weighted by atomic mass is 10.1. The molecule has 23 heavy (non-hydrogen) atoms. The standard InChI is InChI=1S/C17H20ClNO3S/c1-13-4-5-15(12-20)11-17(13)19-23(21,22)16-8-6-14(7-9-16)3-2-10-18/h4-9,11,19-20H,2-3,10,12H2,1H3. The topological polar surface area (TPSA) is 66.4 Å². The average molecular weight is 354 g/mol. The molecule has 0 saturated carbocycles. The SMILES string of the molecule is Cc1ccc(CO)cc1NS(=O)(=O)c1ccc(CCCCl)cc1. The summed E-state index contributed by atoms with van der Waals surface area (Å²) in [5.74, 6) is 0.585. The lowest BCUT2D eigenvalue weighted by Gasteiger charge is -2.12. The maximum Gasteiger partial charge on any atom is 0.261 e. The van der Waals surface area contributed by atoms with E-state index in [1.165, 1.54) is 0 Å². The second-order valence-corrected chi connectivity index (χ2v) is 7.41. The summed E-state index contributed by atoms with van der Waals surface area (Å²) in [6.45, 7) is 1.68. The van der Waals surface area contributed by atoms with Gasteiger partial charge in [-0.25, -0.2) is 8.42 Å². The summed E-state index contributed by atoms with van der Waals surface area (Å²) in [6, 6.07) is 12.0. The summed E-state index contributed by atoms with van der Waals surface area (Å²) < 4.78 is 27.5. The second-order valence-electron chi connectivity index (χ2n) is 5.35. The van der Waals surface area contributed by atoms with E-state index in [9.17, 15) is 13.5 Å². The highest BCUT2D eigenvalue weighted by Gasteiger charge is 2.15. The van der Waals surface area contributed by atoms with E-state index in [1.807, 2.05) is 6.92 Å². The number of aliphatic hydroxyl groups is 1. The number of sulfonamides is 1. The van der Waals surface area contributed by atoms with Crippen molar-refractivity contribution in [2.75, 3.05) is 10.6 Å². The molecule has 0 atom stereocenters. The molecule has 0 radical (unpaired) electrons. The number of alkyl halides is 1. The first-order valence-corrected chi connectivity index (χ1v) is 9.36. The molecule has 2 aromatic rings. The van der Waals surface area contributed by atoms with Crippen molar-refractivity contribution < 1.29 is 13.5 Å². The zero-order chi connectivity index (χ0) is 16.9. The van der Waals surface area contributed by atoms with Gasteiger partial charge in [0.15, 0.2) is 0 Å². The highest BCUT2D eigenvalue weighted by Crippen LogP contribution is 2.22. The van der Waals surface area contributed by atoms with E-state index in [1.54, 1.807) is 42.5 Å². The quantitative estimate of drug-likeness (QED) is 0.749. The van der Waals surface area contributed by atoms with E-state index in [4.69, 9.17) is 11.6 Å². The van der Waals surface area contributed by atoms with Crippen molar-refractivity contribution in [3.05, 3.63) is 59.2 Å². The molecule has 0 aliphatic carbocycles.